The van der Waals surface area contributed by atoms with Crippen LogP contribution in [0.3, 0.4) is 0 Å². The molecule has 178 valence electrons. The third-order valence-corrected chi connectivity index (χ3v) is 6.09. The summed E-state index contributed by atoms with van der Waals surface area (Å²) in [6.45, 7) is 2.34. The second-order valence-corrected chi connectivity index (χ2v) is 8.62. The number of aliphatic hydroxyl groups is 1. The number of nitrogens with one attached hydrogen (secondary N) is 2. The first-order chi connectivity index (χ1) is 17.2. The van der Waals surface area contributed by atoms with Gasteiger partial charge in [0.05, 0.1) is 24.8 Å². The van der Waals surface area contributed by atoms with Crippen LogP contribution >= 0.6 is 0 Å². The molecular formula is C29H28N2O4. The van der Waals surface area contributed by atoms with Crippen LogP contribution in [0.2, 0.25) is 0 Å². The number of H-pyrrole nitrogens is 1. The Balaban J connectivity index is 1.42. The Morgan fingerprint density at radius 2 is 1.91 bits per heavy atom. The lowest BCUT2D eigenvalue weighted by Crippen LogP contribution is -2.39. The number of hydrogen-bond donors (Lipinski definition) is 3. The van der Waals surface area contributed by atoms with Crippen LogP contribution in [0.5, 0.6) is 5.75 Å². The van der Waals surface area contributed by atoms with Gasteiger partial charge in [-0.3, -0.25) is 4.79 Å². The van der Waals surface area contributed by atoms with E-state index in [0.29, 0.717) is 30.1 Å². The lowest BCUT2D eigenvalue weighted by atomic mass is 10.0. The molecule has 5 rings (SSSR count). The van der Waals surface area contributed by atoms with Gasteiger partial charge in [0.2, 0.25) is 0 Å². The topological polar surface area (TPSA) is 87.5 Å². The third-order valence-electron chi connectivity index (χ3n) is 6.09. The van der Waals surface area contributed by atoms with E-state index in [-0.39, 0.29) is 12.5 Å². The van der Waals surface area contributed by atoms with E-state index in [9.17, 15) is 9.90 Å². The average molecular weight is 469 g/mol. The number of aromatic amines is 1. The molecule has 5 aromatic rings. The Morgan fingerprint density at radius 3 is 2.74 bits per heavy atom. The van der Waals surface area contributed by atoms with Crippen molar-refractivity contribution in [3.63, 3.8) is 0 Å². The van der Waals surface area contributed by atoms with Crippen LogP contribution in [0.25, 0.3) is 33.2 Å². The van der Waals surface area contributed by atoms with Crippen LogP contribution < -0.4 is 10.1 Å². The monoisotopic (exact) mass is 468 g/mol. The zero-order valence-electron chi connectivity index (χ0n) is 19.6. The van der Waals surface area contributed by atoms with Crippen LogP contribution in [-0.4, -0.2) is 35.3 Å². The summed E-state index contributed by atoms with van der Waals surface area (Å²) in [6.07, 6.45) is 3.25. The second-order valence-electron chi connectivity index (χ2n) is 8.62. The van der Waals surface area contributed by atoms with Crippen LogP contribution in [0, 0.1) is 0 Å². The molecule has 3 aromatic carbocycles. The molecule has 2 heterocycles. The van der Waals surface area contributed by atoms with Crippen LogP contribution in [-0.2, 0) is 6.42 Å². The van der Waals surface area contributed by atoms with Crippen molar-refractivity contribution in [3.05, 3.63) is 90.1 Å². The summed E-state index contributed by atoms with van der Waals surface area (Å²) >= 11 is 0. The largest absolute Gasteiger partial charge is 0.493 e. The molecule has 1 atom stereocenters. The lowest BCUT2D eigenvalue weighted by Gasteiger charge is -2.18. The van der Waals surface area contributed by atoms with Gasteiger partial charge in [0.15, 0.2) is 0 Å². The Kier molecular flexibility index (Phi) is 6.55. The summed E-state index contributed by atoms with van der Waals surface area (Å²) < 4.78 is 11.9. The normalized spacial score (nSPS) is 12.2. The van der Waals surface area contributed by atoms with E-state index >= 15 is 0 Å². The highest BCUT2D eigenvalue weighted by atomic mass is 16.5. The van der Waals surface area contributed by atoms with Crippen molar-refractivity contribution in [2.75, 3.05) is 13.2 Å². The van der Waals surface area contributed by atoms with Gasteiger partial charge in [-0.1, -0.05) is 43.3 Å². The summed E-state index contributed by atoms with van der Waals surface area (Å²) in [7, 11) is 0. The van der Waals surface area contributed by atoms with Gasteiger partial charge in [-0.2, -0.15) is 0 Å². The maximum Gasteiger partial charge on any atom is 0.255 e. The first-order valence-electron chi connectivity index (χ1n) is 11.9. The number of aromatic nitrogens is 1. The molecular weight excluding hydrogens is 440 g/mol. The first kappa shape index (κ1) is 22.7. The number of aliphatic hydroxyl groups excluding tert-OH is 1. The fourth-order valence-corrected chi connectivity index (χ4v) is 4.31. The molecule has 1 amide bonds. The Labute approximate surface area is 203 Å². The molecule has 6 nitrogen and oxygen atoms in total. The second kappa shape index (κ2) is 10.1. The van der Waals surface area contributed by atoms with Gasteiger partial charge in [0.1, 0.15) is 17.1 Å². The van der Waals surface area contributed by atoms with E-state index in [2.05, 4.69) is 10.3 Å². The van der Waals surface area contributed by atoms with Crippen molar-refractivity contribution in [2.45, 2.75) is 25.8 Å². The highest BCUT2D eigenvalue weighted by molar-refractivity contribution is 5.98. The molecule has 0 bridgehead atoms. The summed E-state index contributed by atoms with van der Waals surface area (Å²) in [6, 6.07) is 22.8. The molecule has 2 aromatic heterocycles. The van der Waals surface area contributed by atoms with Gasteiger partial charge < -0.3 is 24.6 Å². The van der Waals surface area contributed by atoms with E-state index < -0.39 is 6.04 Å². The number of carbonyl (C=O) groups is 1. The van der Waals surface area contributed by atoms with Crippen LogP contribution in [0.1, 0.15) is 29.3 Å². The number of benzene rings is 3. The standard InChI is InChI=1S/C29H28N2O4/c1-2-13-34-27-12-11-20(28-16-19-7-3-6-10-26(19)35-28)15-24(27)29(33)31-22(18-32)14-21-17-30-25-9-5-4-8-23(21)25/h3-12,15-17,22,30,32H,2,13-14,18H2,1H3,(H,31,33). The number of furan rings is 1. The SMILES string of the molecule is CCCOc1ccc(-c2cc3ccccc3o2)cc1C(=O)NC(CO)Cc1c[nH]c2ccccc12. The zero-order chi connectivity index (χ0) is 24.2. The number of amides is 1. The first-order valence-corrected chi connectivity index (χ1v) is 11.9. The minimum atomic E-state index is -0.449. The molecule has 0 fully saturated rings. The Morgan fingerprint density at radius 1 is 1.09 bits per heavy atom. The van der Waals surface area contributed by atoms with Gasteiger partial charge >= 0.3 is 0 Å². The van der Waals surface area contributed by atoms with Crippen LogP contribution in [0.4, 0.5) is 0 Å². The predicted molar refractivity (Wildman–Crippen MR) is 138 cm³/mol. The number of para-hydroxylation sites is 2. The molecule has 6 heteroatoms. The van der Waals surface area contributed by atoms with Crippen molar-refractivity contribution in [1.29, 1.82) is 0 Å². The fraction of sp³-hybridized carbons (Fsp3) is 0.207. The predicted octanol–water partition coefficient (Wildman–Crippen LogP) is 5.70. The molecule has 0 aliphatic carbocycles. The van der Waals surface area contributed by atoms with Gasteiger partial charge in [-0.05, 0) is 54.8 Å². The maximum atomic E-state index is 13.4. The minimum Gasteiger partial charge on any atom is -0.493 e. The molecule has 0 spiro atoms. The zero-order valence-corrected chi connectivity index (χ0v) is 19.6. The quantitative estimate of drug-likeness (QED) is 0.259. The van der Waals surface area contributed by atoms with Gasteiger partial charge in [0, 0.05) is 28.0 Å². The summed E-state index contributed by atoms with van der Waals surface area (Å²) in [5.41, 5.74) is 4.05. The molecule has 0 saturated heterocycles. The summed E-state index contributed by atoms with van der Waals surface area (Å²) in [5, 5.41) is 15.1. The molecule has 1 unspecified atom stereocenters. The smallest absolute Gasteiger partial charge is 0.255 e. The molecule has 0 aliphatic rings. The molecule has 0 aliphatic heterocycles. The van der Waals surface area contributed by atoms with Crippen molar-refractivity contribution < 1.29 is 19.1 Å². The number of fused-ring (bicyclic) bond motifs is 2. The van der Waals surface area contributed by atoms with Gasteiger partial charge in [-0.25, -0.2) is 0 Å². The van der Waals surface area contributed by atoms with Crippen molar-refractivity contribution >= 4 is 27.8 Å². The van der Waals surface area contributed by atoms with Gasteiger partial charge in [0.25, 0.3) is 5.91 Å². The Hall–Kier alpha value is -4.03. The third kappa shape index (κ3) is 4.79. The molecule has 0 radical (unpaired) electrons. The van der Waals surface area contributed by atoms with Crippen molar-refractivity contribution in [2.24, 2.45) is 0 Å². The number of carbonyl (C=O) groups excluding carboxylic acids is 1. The molecule has 0 saturated carbocycles. The van der Waals surface area contributed by atoms with Crippen molar-refractivity contribution in [3.8, 4) is 17.1 Å². The fourth-order valence-electron chi connectivity index (χ4n) is 4.31. The molecule has 3 N–H and O–H groups in total. The number of hydrogen-bond acceptors (Lipinski definition) is 4. The van der Waals surface area contributed by atoms with E-state index in [4.69, 9.17) is 9.15 Å². The maximum absolute atomic E-state index is 13.4. The van der Waals surface area contributed by atoms with E-state index in [0.717, 1.165) is 39.4 Å². The highest BCUT2D eigenvalue weighted by Gasteiger charge is 2.20. The van der Waals surface area contributed by atoms with E-state index in [1.807, 2.05) is 73.8 Å². The number of rotatable bonds is 9. The van der Waals surface area contributed by atoms with Crippen LogP contribution in [0.15, 0.2) is 83.4 Å². The average Bonchev–Trinajstić information content (AvgIpc) is 3.51. The van der Waals surface area contributed by atoms with Crippen molar-refractivity contribution in [1.82, 2.24) is 10.3 Å². The minimum absolute atomic E-state index is 0.181. The summed E-state index contributed by atoms with van der Waals surface area (Å²) in [5.74, 6) is 0.890. The van der Waals surface area contributed by atoms with E-state index in [1.165, 1.54) is 0 Å². The highest BCUT2D eigenvalue weighted by Crippen LogP contribution is 2.31. The lowest BCUT2D eigenvalue weighted by molar-refractivity contribution is 0.0912. The molecule has 35 heavy (non-hydrogen) atoms. The van der Waals surface area contributed by atoms with E-state index in [1.54, 1.807) is 12.1 Å². The Bertz CT molecular complexity index is 1430. The number of ether oxygens (including phenoxy) is 1. The van der Waals surface area contributed by atoms with Gasteiger partial charge in [-0.15, -0.1) is 0 Å². The summed E-state index contributed by atoms with van der Waals surface area (Å²) in [4.78, 5) is 16.7.